The van der Waals surface area contributed by atoms with Crippen LogP contribution in [-0.2, 0) is 40.4 Å². The van der Waals surface area contributed by atoms with Crippen LogP contribution in [0.1, 0.15) is 52.1 Å². The normalized spacial score (nSPS) is 17.0. The van der Waals surface area contributed by atoms with Crippen LogP contribution >= 0.6 is 0 Å². The van der Waals surface area contributed by atoms with Crippen molar-refractivity contribution in [1.82, 2.24) is 14.5 Å². The van der Waals surface area contributed by atoms with Gasteiger partial charge >= 0.3 is 6.18 Å². The van der Waals surface area contributed by atoms with Crippen LogP contribution in [0.15, 0.2) is 24.3 Å². The summed E-state index contributed by atoms with van der Waals surface area (Å²) in [5.74, 6) is -0.358. The van der Waals surface area contributed by atoms with E-state index in [1.54, 1.807) is 17.7 Å². The van der Waals surface area contributed by atoms with E-state index in [9.17, 15) is 22.8 Å². The van der Waals surface area contributed by atoms with Gasteiger partial charge in [-0.3, -0.25) is 9.59 Å². The fraction of sp³-hybridized carbons (Fsp3) is 0.483. The molecule has 2 aliphatic rings. The molecule has 2 amide bonds. The van der Waals surface area contributed by atoms with Gasteiger partial charge in [-0.05, 0) is 36.2 Å². The number of nitrogen functional groups attached to an aromatic ring is 1. The van der Waals surface area contributed by atoms with Crippen molar-refractivity contribution >= 4 is 42.4 Å². The SMILES string of the molecule is CC(=O)N1CC[C@@H](N(C)C(=O)c2cc3nc(N)c4c(c3n2COCC[Si](C)(C)C)COC4)c2ccc(C(F)(F)F)cc21. The molecule has 1 aromatic carbocycles. The summed E-state index contributed by atoms with van der Waals surface area (Å²) in [5.41, 5.74) is 9.27. The van der Waals surface area contributed by atoms with Gasteiger partial charge in [0, 0.05) is 52.0 Å². The molecule has 3 aromatic rings. The topological polar surface area (TPSA) is 103 Å². The van der Waals surface area contributed by atoms with Crippen LogP contribution in [0, 0.1) is 0 Å². The molecule has 0 fully saturated rings. The first-order valence-electron chi connectivity index (χ1n) is 13.9. The molecule has 226 valence electrons. The quantitative estimate of drug-likeness (QED) is 0.281. The van der Waals surface area contributed by atoms with Crippen molar-refractivity contribution in [2.75, 3.05) is 30.8 Å². The maximum absolute atomic E-state index is 14.2. The van der Waals surface area contributed by atoms with Crippen molar-refractivity contribution < 1.29 is 32.2 Å². The molecule has 0 spiro atoms. The maximum Gasteiger partial charge on any atom is 0.416 e. The lowest BCUT2D eigenvalue weighted by Gasteiger charge is -2.38. The lowest BCUT2D eigenvalue weighted by atomic mass is 9.93. The van der Waals surface area contributed by atoms with E-state index in [0.29, 0.717) is 48.8 Å². The van der Waals surface area contributed by atoms with E-state index in [-0.39, 0.29) is 30.8 Å². The highest BCUT2D eigenvalue weighted by Gasteiger charge is 2.37. The molecule has 5 rings (SSSR count). The van der Waals surface area contributed by atoms with Crippen molar-refractivity contribution in [2.24, 2.45) is 0 Å². The predicted molar refractivity (Wildman–Crippen MR) is 156 cm³/mol. The zero-order valence-corrected chi connectivity index (χ0v) is 25.5. The van der Waals surface area contributed by atoms with Crippen LogP contribution in [0.2, 0.25) is 25.7 Å². The first-order valence-corrected chi connectivity index (χ1v) is 17.6. The fourth-order valence-corrected chi connectivity index (χ4v) is 6.42. The summed E-state index contributed by atoms with van der Waals surface area (Å²) in [4.78, 5) is 33.9. The molecule has 2 aliphatic heterocycles. The van der Waals surface area contributed by atoms with Crippen LogP contribution in [-0.4, -0.2) is 54.5 Å². The molecule has 1 atom stereocenters. The van der Waals surface area contributed by atoms with E-state index in [1.165, 1.54) is 22.8 Å². The Balaban J connectivity index is 1.54. The number of amides is 2. The van der Waals surface area contributed by atoms with Gasteiger partial charge in [0.1, 0.15) is 18.2 Å². The first-order chi connectivity index (χ1) is 19.7. The molecule has 13 heteroatoms. The molecular formula is C29H36F3N5O4Si. The molecule has 0 radical (unpaired) electrons. The minimum absolute atomic E-state index is 0.120. The van der Waals surface area contributed by atoms with E-state index >= 15 is 0 Å². The third-order valence-electron chi connectivity index (χ3n) is 8.01. The summed E-state index contributed by atoms with van der Waals surface area (Å²) < 4.78 is 54.2. The van der Waals surface area contributed by atoms with Gasteiger partial charge in [0.05, 0.1) is 35.9 Å². The first kappa shape index (κ1) is 30.0. The minimum atomic E-state index is -4.57. The lowest BCUT2D eigenvalue weighted by molar-refractivity contribution is -0.137. The van der Waals surface area contributed by atoms with Crippen LogP contribution in [0.5, 0.6) is 0 Å². The van der Waals surface area contributed by atoms with E-state index < -0.39 is 25.9 Å². The number of benzene rings is 1. The van der Waals surface area contributed by atoms with Crippen LogP contribution in [0.25, 0.3) is 11.0 Å². The third-order valence-corrected chi connectivity index (χ3v) is 9.71. The number of alkyl halides is 3. The Labute approximate surface area is 243 Å². The van der Waals surface area contributed by atoms with E-state index in [1.807, 2.05) is 0 Å². The van der Waals surface area contributed by atoms with Crippen LogP contribution in [0.3, 0.4) is 0 Å². The zero-order chi connectivity index (χ0) is 30.6. The van der Waals surface area contributed by atoms with Crippen molar-refractivity contribution in [3.8, 4) is 0 Å². The number of halogens is 3. The largest absolute Gasteiger partial charge is 0.416 e. The van der Waals surface area contributed by atoms with Gasteiger partial charge in [-0.2, -0.15) is 13.2 Å². The van der Waals surface area contributed by atoms with E-state index in [0.717, 1.165) is 34.8 Å². The molecule has 42 heavy (non-hydrogen) atoms. The second-order valence-corrected chi connectivity index (χ2v) is 17.8. The highest BCUT2D eigenvalue weighted by molar-refractivity contribution is 6.76. The summed E-state index contributed by atoms with van der Waals surface area (Å²) in [6.07, 6.45) is -4.21. The number of aromatic nitrogens is 2. The standard InChI is InChI=1S/C29H36F3N5O4Si/c1-17(38)36-9-8-23(19-7-6-18(12-24(19)36)29(30,31)32)35(2)28(39)25-13-22-26(20-14-41-15-21(20)27(33)34-22)37(25)16-40-10-11-42(3,4)5/h6-7,12-13,23H,8-11,14-16H2,1-5H3,(H2,33,34)/t23-/m1/s1. The molecule has 0 saturated heterocycles. The second-order valence-electron chi connectivity index (χ2n) is 12.1. The molecular weight excluding hydrogens is 567 g/mol. The van der Waals surface area contributed by atoms with Gasteiger partial charge in [-0.1, -0.05) is 25.7 Å². The Bertz CT molecular complexity index is 1550. The molecule has 0 aliphatic carbocycles. The van der Waals surface area contributed by atoms with Gasteiger partial charge in [-0.25, -0.2) is 4.98 Å². The zero-order valence-electron chi connectivity index (χ0n) is 24.5. The Morgan fingerprint density at radius 1 is 1.19 bits per heavy atom. The molecule has 9 nitrogen and oxygen atoms in total. The predicted octanol–water partition coefficient (Wildman–Crippen LogP) is 5.55. The number of anilines is 2. The number of nitrogens with zero attached hydrogens (tertiary/aromatic N) is 4. The number of nitrogens with two attached hydrogens (primary N) is 1. The average Bonchev–Trinajstić information content (AvgIpc) is 3.53. The highest BCUT2D eigenvalue weighted by Crippen LogP contribution is 2.42. The Hall–Kier alpha value is -3.42. The summed E-state index contributed by atoms with van der Waals surface area (Å²) in [5, 5.41) is 0. The fourth-order valence-electron chi connectivity index (χ4n) is 5.66. The molecule has 0 saturated carbocycles. The van der Waals surface area contributed by atoms with Crippen molar-refractivity contribution in [1.29, 1.82) is 0 Å². The number of fused-ring (bicyclic) bond motifs is 4. The average molecular weight is 604 g/mol. The smallest absolute Gasteiger partial charge is 0.383 e. The van der Waals surface area contributed by atoms with E-state index in [4.69, 9.17) is 15.2 Å². The Kier molecular flexibility index (Phi) is 7.88. The number of hydrogen-bond donors (Lipinski definition) is 1. The Morgan fingerprint density at radius 3 is 2.57 bits per heavy atom. The monoisotopic (exact) mass is 603 g/mol. The number of rotatable bonds is 7. The van der Waals surface area contributed by atoms with Gasteiger partial charge < -0.3 is 29.6 Å². The summed E-state index contributed by atoms with van der Waals surface area (Å²) in [6.45, 7) is 9.60. The van der Waals surface area contributed by atoms with Gasteiger partial charge in [-0.15, -0.1) is 0 Å². The summed E-state index contributed by atoms with van der Waals surface area (Å²) in [7, 11) is 0.273. The minimum Gasteiger partial charge on any atom is -0.383 e. The second kappa shape index (κ2) is 11.0. The van der Waals surface area contributed by atoms with E-state index in [2.05, 4.69) is 24.6 Å². The molecule has 0 bridgehead atoms. The number of carbonyl (C=O) groups excluding carboxylic acids is 2. The third kappa shape index (κ3) is 5.64. The highest BCUT2D eigenvalue weighted by atomic mass is 28.3. The molecule has 2 N–H and O–H groups in total. The Morgan fingerprint density at radius 2 is 1.90 bits per heavy atom. The van der Waals surface area contributed by atoms with Gasteiger partial charge in [0.15, 0.2) is 0 Å². The molecule has 4 heterocycles. The lowest BCUT2D eigenvalue weighted by Crippen LogP contribution is -2.41. The number of ether oxygens (including phenoxy) is 2. The number of carbonyl (C=O) groups is 2. The van der Waals surface area contributed by atoms with Crippen LogP contribution in [0.4, 0.5) is 24.7 Å². The van der Waals surface area contributed by atoms with Crippen molar-refractivity contribution in [3.63, 3.8) is 0 Å². The van der Waals surface area contributed by atoms with Crippen molar-refractivity contribution in [3.05, 3.63) is 52.2 Å². The summed E-state index contributed by atoms with van der Waals surface area (Å²) >= 11 is 0. The maximum atomic E-state index is 14.2. The van der Waals surface area contributed by atoms with Crippen LogP contribution < -0.4 is 10.6 Å². The number of pyridine rings is 1. The van der Waals surface area contributed by atoms with Crippen molar-refractivity contribution in [2.45, 2.75) is 71.2 Å². The number of hydrogen-bond acceptors (Lipinski definition) is 6. The molecule has 0 unspecified atom stereocenters. The van der Waals surface area contributed by atoms with Gasteiger partial charge in [0.25, 0.3) is 5.91 Å². The molecule has 2 aromatic heterocycles. The van der Waals surface area contributed by atoms with Gasteiger partial charge in [0.2, 0.25) is 5.91 Å². The summed E-state index contributed by atoms with van der Waals surface area (Å²) in [6, 6.07) is 5.42.